The van der Waals surface area contributed by atoms with Crippen LogP contribution in [-0.4, -0.2) is 31.2 Å². The molecule has 1 heterocycles. The van der Waals surface area contributed by atoms with E-state index in [2.05, 4.69) is 10.3 Å². The van der Waals surface area contributed by atoms with Gasteiger partial charge in [-0.05, 0) is 17.7 Å². The number of benzene rings is 2. The minimum atomic E-state index is 0.493. The van der Waals surface area contributed by atoms with E-state index in [0.29, 0.717) is 29.0 Å². The normalized spacial score (nSPS) is 15.7. The summed E-state index contributed by atoms with van der Waals surface area (Å²) in [5.74, 6) is 1.36. The second-order valence-corrected chi connectivity index (χ2v) is 5.45. The molecule has 0 bridgehead atoms. The summed E-state index contributed by atoms with van der Waals surface area (Å²) in [5, 5.41) is 5.53. The van der Waals surface area contributed by atoms with Crippen molar-refractivity contribution in [3.63, 3.8) is 0 Å². The lowest BCUT2D eigenvalue weighted by Crippen LogP contribution is -2.30. The first-order valence-corrected chi connectivity index (χ1v) is 7.74. The van der Waals surface area contributed by atoms with E-state index in [9.17, 15) is 0 Å². The first-order valence-electron chi connectivity index (χ1n) is 7.37. The molecule has 120 valence electrons. The van der Waals surface area contributed by atoms with Crippen LogP contribution < -0.4 is 10.1 Å². The Bertz CT molecular complexity index is 691. The van der Waals surface area contributed by atoms with Gasteiger partial charge in [0, 0.05) is 12.6 Å². The lowest BCUT2D eigenvalue weighted by Gasteiger charge is -2.17. The van der Waals surface area contributed by atoms with Gasteiger partial charge in [0.25, 0.3) is 0 Å². The van der Waals surface area contributed by atoms with E-state index in [0.717, 1.165) is 18.7 Å². The van der Waals surface area contributed by atoms with Crippen LogP contribution in [0.1, 0.15) is 5.56 Å². The lowest BCUT2D eigenvalue weighted by molar-refractivity contribution is -0.102. The molecule has 0 radical (unpaired) electrons. The number of rotatable bonds is 5. The summed E-state index contributed by atoms with van der Waals surface area (Å²) in [6.45, 7) is 2.00. The number of hydrogen-bond donors (Lipinski definition) is 1. The summed E-state index contributed by atoms with van der Waals surface area (Å²) >= 11 is 6.20. The molecule has 2 aromatic carbocycles. The summed E-state index contributed by atoms with van der Waals surface area (Å²) < 4.78 is 5.21. The second kappa shape index (κ2) is 7.35. The molecule has 0 aliphatic carbocycles. The Labute approximate surface area is 140 Å². The number of hydrogen-bond acceptors (Lipinski definition) is 3. The summed E-state index contributed by atoms with van der Waals surface area (Å²) in [6, 6.07) is 15.4. The highest BCUT2D eigenvalue weighted by Gasteiger charge is 2.19. The molecule has 1 aliphatic rings. The molecular formula is C17H18ClN3O2. The van der Waals surface area contributed by atoms with Gasteiger partial charge in [-0.15, -0.1) is 0 Å². The van der Waals surface area contributed by atoms with Crippen LogP contribution in [0.15, 0.2) is 53.5 Å². The van der Waals surface area contributed by atoms with Gasteiger partial charge < -0.3 is 10.1 Å². The standard InChI is InChI=1S/C17H18ClN3O2/c1-22-14-7-8-15(18)16(11-14)20-17-19-9-10-21(17)23-12-13-5-3-2-4-6-13/h2-8,11H,9-10,12H2,1H3,(H,19,20). The molecule has 0 unspecified atom stereocenters. The van der Waals surface area contributed by atoms with E-state index in [1.807, 2.05) is 30.3 Å². The zero-order valence-corrected chi connectivity index (χ0v) is 13.6. The maximum absolute atomic E-state index is 6.20. The monoisotopic (exact) mass is 331 g/mol. The molecule has 0 spiro atoms. The van der Waals surface area contributed by atoms with Crippen molar-refractivity contribution in [3.8, 4) is 5.75 Å². The summed E-state index contributed by atoms with van der Waals surface area (Å²) in [7, 11) is 1.61. The molecule has 1 aliphatic heterocycles. The Morgan fingerprint density at radius 3 is 2.83 bits per heavy atom. The van der Waals surface area contributed by atoms with Crippen molar-refractivity contribution >= 4 is 23.2 Å². The van der Waals surface area contributed by atoms with Crippen molar-refractivity contribution in [2.75, 3.05) is 20.2 Å². The van der Waals surface area contributed by atoms with Gasteiger partial charge in [0.15, 0.2) is 0 Å². The molecule has 6 heteroatoms. The number of aliphatic imine (C=N–C) groups is 1. The molecule has 5 nitrogen and oxygen atoms in total. The van der Waals surface area contributed by atoms with Gasteiger partial charge in [-0.1, -0.05) is 41.9 Å². The van der Waals surface area contributed by atoms with Crippen LogP contribution in [0.3, 0.4) is 0 Å². The number of methoxy groups -OCH3 is 1. The molecule has 1 N–H and O–H groups in total. The van der Waals surface area contributed by atoms with Crippen molar-refractivity contribution in [3.05, 3.63) is 59.1 Å². The number of hydroxylamine groups is 2. The van der Waals surface area contributed by atoms with Crippen LogP contribution in [0, 0.1) is 0 Å². The number of ether oxygens (including phenoxy) is 1. The van der Waals surface area contributed by atoms with Crippen LogP contribution in [0.2, 0.25) is 5.02 Å². The van der Waals surface area contributed by atoms with Gasteiger partial charge in [-0.2, -0.15) is 0 Å². The highest BCUT2D eigenvalue weighted by atomic mass is 35.5. The molecule has 3 rings (SSSR count). The molecule has 0 atom stereocenters. The first-order chi connectivity index (χ1) is 11.3. The molecule has 1 saturated heterocycles. The topological polar surface area (TPSA) is 46.1 Å². The average Bonchev–Trinajstić information content (AvgIpc) is 3.03. The van der Waals surface area contributed by atoms with Gasteiger partial charge in [0.05, 0.1) is 24.4 Å². The fourth-order valence-electron chi connectivity index (χ4n) is 2.23. The summed E-state index contributed by atoms with van der Waals surface area (Å²) in [6.07, 6.45) is 0. The zero-order valence-electron chi connectivity index (χ0n) is 12.8. The predicted molar refractivity (Wildman–Crippen MR) is 91.0 cm³/mol. The number of nitrogens with one attached hydrogen (secondary N) is 1. The first kappa shape index (κ1) is 15.6. The molecular weight excluding hydrogens is 314 g/mol. The molecule has 2 aromatic rings. The Morgan fingerprint density at radius 2 is 2.04 bits per heavy atom. The quantitative estimate of drug-likeness (QED) is 0.912. The van der Waals surface area contributed by atoms with Crippen LogP contribution in [0.25, 0.3) is 0 Å². The third-order valence-electron chi connectivity index (χ3n) is 3.44. The Balaban J connectivity index is 1.73. The minimum Gasteiger partial charge on any atom is -0.497 e. The number of halogens is 1. The lowest BCUT2D eigenvalue weighted by atomic mass is 10.2. The van der Waals surface area contributed by atoms with Crippen molar-refractivity contribution in [2.24, 2.45) is 4.99 Å². The van der Waals surface area contributed by atoms with E-state index in [1.165, 1.54) is 0 Å². The van der Waals surface area contributed by atoms with Crippen LogP contribution in [0.4, 0.5) is 5.69 Å². The SMILES string of the molecule is COc1ccc(Cl)c(/N=C2/NCCN2OCc2ccccc2)c1. The third-order valence-corrected chi connectivity index (χ3v) is 3.76. The maximum atomic E-state index is 6.20. The highest BCUT2D eigenvalue weighted by molar-refractivity contribution is 6.33. The maximum Gasteiger partial charge on any atom is 0.223 e. The van der Waals surface area contributed by atoms with E-state index in [4.69, 9.17) is 21.2 Å². The fourth-order valence-corrected chi connectivity index (χ4v) is 2.39. The smallest absolute Gasteiger partial charge is 0.223 e. The molecule has 0 amide bonds. The largest absolute Gasteiger partial charge is 0.497 e. The summed E-state index contributed by atoms with van der Waals surface area (Å²) in [5.41, 5.74) is 1.75. The van der Waals surface area contributed by atoms with E-state index in [1.54, 1.807) is 30.4 Å². The minimum absolute atomic E-state index is 0.493. The van der Waals surface area contributed by atoms with Gasteiger partial charge in [-0.25, -0.2) is 10.1 Å². The van der Waals surface area contributed by atoms with E-state index < -0.39 is 0 Å². The Morgan fingerprint density at radius 1 is 1.22 bits per heavy atom. The van der Waals surface area contributed by atoms with Gasteiger partial charge in [-0.3, -0.25) is 4.84 Å². The average molecular weight is 332 g/mol. The molecule has 23 heavy (non-hydrogen) atoms. The van der Waals surface area contributed by atoms with Crippen molar-refractivity contribution in [1.29, 1.82) is 0 Å². The van der Waals surface area contributed by atoms with Crippen LogP contribution >= 0.6 is 11.6 Å². The second-order valence-electron chi connectivity index (χ2n) is 5.04. The predicted octanol–water partition coefficient (Wildman–Crippen LogP) is 3.37. The number of nitrogens with zero attached hydrogens (tertiary/aromatic N) is 2. The van der Waals surface area contributed by atoms with Crippen molar-refractivity contribution in [2.45, 2.75) is 6.61 Å². The van der Waals surface area contributed by atoms with Crippen LogP contribution in [0.5, 0.6) is 5.75 Å². The Hall–Kier alpha value is -2.24. The highest BCUT2D eigenvalue weighted by Crippen LogP contribution is 2.29. The molecule has 0 aromatic heterocycles. The summed E-state index contributed by atoms with van der Waals surface area (Å²) in [4.78, 5) is 10.4. The molecule has 1 fully saturated rings. The van der Waals surface area contributed by atoms with Crippen molar-refractivity contribution < 1.29 is 9.57 Å². The van der Waals surface area contributed by atoms with E-state index in [-0.39, 0.29) is 0 Å². The Kier molecular flexibility index (Phi) is 5.00. The van der Waals surface area contributed by atoms with Gasteiger partial charge in [0.2, 0.25) is 5.96 Å². The number of guanidine groups is 1. The van der Waals surface area contributed by atoms with Crippen molar-refractivity contribution in [1.82, 2.24) is 10.4 Å². The third kappa shape index (κ3) is 3.94. The van der Waals surface area contributed by atoms with Gasteiger partial charge >= 0.3 is 0 Å². The van der Waals surface area contributed by atoms with Gasteiger partial charge in [0.1, 0.15) is 12.4 Å². The zero-order chi connectivity index (χ0) is 16.1. The fraction of sp³-hybridized carbons (Fsp3) is 0.235. The van der Waals surface area contributed by atoms with E-state index >= 15 is 0 Å². The molecule has 0 saturated carbocycles. The van der Waals surface area contributed by atoms with Crippen LogP contribution in [-0.2, 0) is 11.4 Å².